The van der Waals surface area contributed by atoms with Crippen molar-refractivity contribution in [3.05, 3.63) is 66.7 Å². The molecule has 1 N–H and O–H groups in total. The second-order valence-corrected chi connectivity index (χ2v) is 9.15. The number of nitrogens with one attached hydrogen (secondary N) is 1. The summed E-state index contributed by atoms with van der Waals surface area (Å²) < 4.78 is 12.4. The van der Waals surface area contributed by atoms with Crippen LogP contribution in [0.5, 0.6) is 5.88 Å². The number of aromatic nitrogens is 5. The molecular formula is C27H28N6O3. The monoisotopic (exact) mass is 484 g/mol. The Balaban J connectivity index is 1.36. The summed E-state index contributed by atoms with van der Waals surface area (Å²) in [7, 11) is 3.30. The van der Waals surface area contributed by atoms with E-state index in [4.69, 9.17) is 14.5 Å². The van der Waals surface area contributed by atoms with Crippen molar-refractivity contribution in [3.63, 3.8) is 0 Å². The minimum Gasteiger partial charge on any atom is -0.474 e. The smallest absolute Gasteiger partial charge is 0.316 e. The van der Waals surface area contributed by atoms with E-state index in [0.29, 0.717) is 11.7 Å². The first kappa shape index (κ1) is 23.5. The van der Waals surface area contributed by atoms with E-state index >= 15 is 0 Å². The number of aryl methyl sites for hydroxylation is 1. The Morgan fingerprint density at radius 2 is 1.78 bits per heavy atom. The molecule has 1 fully saturated rings. The number of esters is 1. The highest BCUT2D eigenvalue weighted by Crippen LogP contribution is 2.49. The predicted octanol–water partition coefficient (Wildman–Crippen LogP) is 4.67. The summed E-state index contributed by atoms with van der Waals surface area (Å²) >= 11 is 0. The third kappa shape index (κ3) is 4.51. The van der Waals surface area contributed by atoms with E-state index in [1.165, 1.54) is 7.11 Å². The molecule has 0 saturated heterocycles. The molecule has 1 aromatic carbocycles. The first-order valence-electron chi connectivity index (χ1n) is 11.8. The van der Waals surface area contributed by atoms with Gasteiger partial charge in [-0.1, -0.05) is 30.3 Å². The molecule has 9 heteroatoms. The maximum atomic E-state index is 12.2. The topological polar surface area (TPSA) is 104 Å². The number of ether oxygens (including phenoxy) is 2. The number of carbonyl (C=O) groups excluding carboxylic acids is 1. The molecule has 4 aromatic rings. The standard InChI is InChI=1S/C27H28N6O3/c1-17(2)36-24-16-28-15-23(31-24)32-25-21(14-30-33(25)3)22-10-7-19(13-29-22)18-5-8-20(9-6-18)27(11-12-27)26(34)35-4/h5-10,13-17H,11-12H2,1-4H3,(H,31,32). The van der Waals surface area contributed by atoms with Gasteiger partial charge in [-0.05, 0) is 43.9 Å². The number of benzene rings is 1. The average molecular weight is 485 g/mol. The highest BCUT2D eigenvalue weighted by atomic mass is 16.5. The predicted molar refractivity (Wildman–Crippen MR) is 136 cm³/mol. The molecule has 0 radical (unpaired) electrons. The van der Waals surface area contributed by atoms with Gasteiger partial charge in [0.1, 0.15) is 5.82 Å². The van der Waals surface area contributed by atoms with Gasteiger partial charge in [0.2, 0.25) is 5.88 Å². The summed E-state index contributed by atoms with van der Waals surface area (Å²) in [5.74, 6) is 1.59. The molecule has 5 rings (SSSR count). The van der Waals surface area contributed by atoms with Gasteiger partial charge in [-0.3, -0.25) is 19.4 Å². The zero-order valence-electron chi connectivity index (χ0n) is 20.7. The summed E-state index contributed by atoms with van der Waals surface area (Å²) in [6.45, 7) is 3.88. The molecule has 3 heterocycles. The lowest BCUT2D eigenvalue weighted by atomic mass is 9.94. The van der Waals surface area contributed by atoms with Gasteiger partial charge in [0.05, 0.1) is 48.5 Å². The van der Waals surface area contributed by atoms with Gasteiger partial charge >= 0.3 is 5.97 Å². The first-order chi connectivity index (χ1) is 17.4. The zero-order chi connectivity index (χ0) is 25.3. The minimum absolute atomic E-state index is 0.00315. The Hall–Kier alpha value is -4.27. The SMILES string of the molecule is COC(=O)C1(c2ccc(-c3ccc(-c4cnn(C)c4Nc4cncc(OC(C)C)n4)nc3)cc2)CC1. The van der Waals surface area contributed by atoms with Crippen molar-refractivity contribution in [2.75, 3.05) is 12.4 Å². The number of anilines is 2. The summed E-state index contributed by atoms with van der Waals surface area (Å²) in [5, 5.41) is 7.69. The number of nitrogens with zero attached hydrogens (tertiary/aromatic N) is 5. The third-order valence-electron chi connectivity index (χ3n) is 6.29. The second-order valence-electron chi connectivity index (χ2n) is 9.15. The van der Waals surface area contributed by atoms with Crippen molar-refractivity contribution in [2.45, 2.75) is 38.2 Å². The van der Waals surface area contributed by atoms with E-state index in [9.17, 15) is 4.79 Å². The Kier molecular flexibility index (Phi) is 6.13. The van der Waals surface area contributed by atoms with Gasteiger partial charge in [-0.2, -0.15) is 10.1 Å². The lowest BCUT2D eigenvalue weighted by Gasteiger charge is -2.13. The molecule has 9 nitrogen and oxygen atoms in total. The van der Waals surface area contributed by atoms with Crippen molar-refractivity contribution in [3.8, 4) is 28.3 Å². The van der Waals surface area contributed by atoms with E-state index in [1.54, 1.807) is 23.3 Å². The molecule has 0 spiro atoms. The Labute approximate surface area is 209 Å². The van der Waals surface area contributed by atoms with Crippen LogP contribution in [-0.2, 0) is 22.0 Å². The fourth-order valence-electron chi connectivity index (χ4n) is 4.24. The van der Waals surface area contributed by atoms with Crippen molar-refractivity contribution >= 4 is 17.6 Å². The van der Waals surface area contributed by atoms with Crippen LogP contribution in [-0.4, -0.2) is 43.9 Å². The molecule has 0 bridgehead atoms. The lowest BCUT2D eigenvalue weighted by Crippen LogP contribution is -2.21. The molecule has 0 amide bonds. The number of methoxy groups -OCH3 is 1. The van der Waals surface area contributed by atoms with Gasteiger partial charge in [0.25, 0.3) is 0 Å². The molecule has 1 aliphatic rings. The number of pyridine rings is 1. The highest BCUT2D eigenvalue weighted by Gasteiger charge is 2.52. The van der Waals surface area contributed by atoms with Crippen LogP contribution < -0.4 is 10.1 Å². The second kappa shape index (κ2) is 9.41. The van der Waals surface area contributed by atoms with Gasteiger partial charge in [-0.25, -0.2) is 0 Å². The van der Waals surface area contributed by atoms with Gasteiger partial charge in [-0.15, -0.1) is 0 Å². The van der Waals surface area contributed by atoms with Crippen LogP contribution in [0.2, 0.25) is 0 Å². The molecule has 36 heavy (non-hydrogen) atoms. The Morgan fingerprint density at radius 3 is 2.42 bits per heavy atom. The molecule has 3 aromatic heterocycles. The van der Waals surface area contributed by atoms with Crippen LogP contribution in [0.4, 0.5) is 11.6 Å². The van der Waals surface area contributed by atoms with Crippen LogP contribution in [0.3, 0.4) is 0 Å². The molecule has 0 atom stereocenters. The summed E-state index contributed by atoms with van der Waals surface area (Å²) in [5.41, 5.74) is 4.15. The quantitative estimate of drug-likeness (QED) is 0.360. The summed E-state index contributed by atoms with van der Waals surface area (Å²) in [4.78, 5) is 25.6. The van der Waals surface area contributed by atoms with Gasteiger partial charge in [0, 0.05) is 18.8 Å². The Morgan fingerprint density at radius 1 is 1.03 bits per heavy atom. The van der Waals surface area contributed by atoms with Gasteiger partial charge < -0.3 is 14.8 Å². The van der Waals surface area contributed by atoms with Gasteiger partial charge in [0.15, 0.2) is 5.82 Å². The van der Waals surface area contributed by atoms with Crippen molar-refractivity contribution in [1.82, 2.24) is 24.7 Å². The largest absolute Gasteiger partial charge is 0.474 e. The summed E-state index contributed by atoms with van der Waals surface area (Å²) in [6, 6.07) is 12.1. The molecular weight excluding hydrogens is 456 g/mol. The number of rotatable bonds is 8. The fraction of sp³-hybridized carbons (Fsp3) is 0.296. The van der Waals surface area contributed by atoms with Crippen molar-refractivity contribution in [2.24, 2.45) is 7.05 Å². The third-order valence-corrected chi connectivity index (χ3v) is 6.29. The van der Waals surface area contributed by atoms with Crippen LogP contribution in [0.1, 0.15) is 32.3 Å². The molecule has 184 valence electrons. The van der Waals surface area contributed by atoms with E-state index in [0.717, 1.165) is 46.6 Å². The molecule has 1 aliphatic carbocycles. The maximum Gasteiger partial charge on any atom is 0.316 e. The van der Waals surface area contributed by atoms with Crippen LogP contribution in [0.15, 0.2) is 61.2 Å². The van der Waals surface area contributed by atoms with Crippen LogP contribution >= 0.6 is 0 Å². The summed E-state index contributed by atoms with van der Waals surface area (Å²) in [6.07, 6.45) is 8.49. The number of hydrogen-bond acceptors (Lipinski definition) is 8. The molecule has 1 saturated carbocycles. The van der Waals surface area contributed by atoms with E-state index in [2.05, 4.69) is 20.4 Å². The highest BCUT2D eigenvalue weighted by molar-refractivity contribution is 5.86. The van der Waals surface area contributed by atoms with Crippen molar-refractivity contribution < 1.29 is 14.3 Å². The lowest BCUT2D eigenvalue weighted by molar-refractivity contribution is -0.143. The van der Waals surface area contributed by atoms with Crippen molar-refractivity contribution in [1.29, 1.82) is 0 Å². The normalized spacial score (nSPS) is 13.9. The number of carbonyl (C=O) groups is 1. The van der Waals surface area contributed by atoms with E-state index in [1.807, 2.05) is 63.5 Å². The maximum absolute atomic E-state index is 12.2. The Bertz CT molecular complexity index is 1380. The zero-order valence-corrected chi connectivity index (χ0v) is 20.7. The molecule has 0 unspecified atom stereocenters. The van der Waals surface area contributed by atoms with E-state index in [-0.39, 0.29) is 12.1 Å². The van der Waals surface area contributed by atoms with E-state index < -0.39 is 5.41 Å². The average Bonchev–Trinajstić information content (AvgIpc) is 3.62. The first-order valence-corrected chi connectivity index (χ1v) is 11.8. The fourth-order valence-corrected chi connectivity index (χ4v) is 4.24. The minimum atomic E-state index is -0.468. The number of hydrogen-bond donors (Lipinski definition) is 1. The van der Waals surface area contributed by atoms with Crippen LogP contribution in [0, 0.1) is 0 Å². The van der Waals surface area contributed by atoms with Crippen LogP contribution in [0.25, 0.3) is 22.4 Å². The molecule has 0 aliphatic heterocycles.